The van der Waals surface area contributed by atoms with Crippen LogP contribution in [0.2, 0.25) is 0 Å². The molecule has 4 saturated carbocycles. The van der Waals surface area contributed by atoms with Crippen molar-refractivity contribution in [2.45, 2.75) is 57.0 Å². The number of carbonyl (C=O) groups is 2. The fourth-order valence-corrected chi connectivity index (χ4v) is 5.78. The van der Waals surface area contributed by atoms with Crippen molar-refractivity contribution in [3.05, 3.63) is 35.6 Å². The summed E-state index contributed by atoms with van der Waals surface area (Å²) in [6.45, 7) is 0.210. The maximum absolute atomic E-state index is 12.9. The summed E-state index contributed by atoms with van der Waals surface area (Å²) in [4.78, 5) is 24.8. The first-order valence-corrected chi connectivity index (χ1v) is 9.56. The molecule has 5 rings (SSSR count). The lowest BCUT2D eigenvalue weighted by atomic mass is 9.48. The minimum absolute atomic E-state index is 0.0786. The Morgan fingerprint density at radius 2 is 1.77 bits per heavy atom. The minimum atomic E-state index is -0.679. The Hall–Kier alpha value is -1.75. The van der Waals surface area contributed by atoms with Crippen molar-refractivity contribution in [2.75, 3.05) is 6.61 Å². The largest absolute Gasteiger partial charge is 0.465 e. The molecular weight excluding hydrogens is 335 g/mol. The highest BCUT2D eigenvalue weighted by molar-refractivity contribution is 5.95. The van der Waals surface area contributed by atoms with Crippen LogP contribution in [0.1, 0.15) is 61.7 Å². The van der Waals surface area contributed by atoms with Crippen molar-refractivity contribution in [3.8, 4) is 0 Å². The second kappa shape index (κ2) is 6.45. The van der Waals surface area contributed by atoms with E-state index >= 15 is 0 Å². The molecule has 0 radical (unpaired) electrons. The number of carbonyl (C=O) groups excluding carboxylic acids is 2. The highest BCUT2D eigenvalue weighted by atomic mass is 19.1. The van der Waals surface area contributed by atoms with Crippen molar-refractivity contribution in [1.29, 1.82) is 0 Å². The number of halogens is 1. The molecule has 1 aromatic carbocycles. The topological polar surface area (TPSA) is 63.6 Å². The molecule has 0 aliphatic heterocycles. The Kier molecular flexibility index (Phi) is 4.38. The number of Topliss-reactive ketones (excluding diaryl/α,β-unsaturated/α-hetero) is 1. The zero-order chi connectivity index (χ0) is 18.4. The van der Waals surface area contributed by atoms with Gasteiger partial charge < -0.3 is 9.84 Å². The van der Waals surface area contributed by atoms with Crippen LogP contribution in [0.5, 0.6) is 0 Å². The Morgan fingerprint density at radius 1 is 1.12 bits per heavy atom. The van der Waals surface area contributed by atoms with Crippen LogP contribution in [-0.4, -0.2) is 29.1 Å². The molecule has 4 aliphatic carbocycles. The van der Waals surface area contributed by atoms with Crippen molar-refractivity contribution in [1.82, 2.24) is 0 Å². The van der Waals surface area contributed by atoms with Gasteiger partial charge in [-0.2, -0.15) is 0 Å². The molecular formula is C21H25FO4. The van der Waals surface area contributed by atoms with E-state index in [1.165, 1.54) is 24.3 Å². The molecule has 1 aromatic rings. The van der Waals surface area contributed by atoms with Crippen molar-refractivity contribution in [3.63, 3.8) is 0 Å². The molecule has 4 atom stereocenters. The third-order valence-electron chi connectivity index (χ3n) is 6.41. The molecule has 0 amide bonds. The summed E-state index contributed by atoms with van der Waals surface area (Å²) < 4.78 is 18.4. The van der Waals surface area contributed by atoms with Crippen LogP contribution in [-0.2, 0) is 9.53 Å². The predicted molar refractivity (Wildman–Crippen MR) is 93.0 cm³/mol. The van der Waals surface area contributed by atoms with Crippen LogP contribution < -0.4 is 0 Å². The van der Waals surface area contributed by atoms with E-state index in [9.17, 15) is 19.1 Å². The van der Waals surface area contributed by atoms with E-state index in [0.29, 0.717) is 30.2 Å². The van der Waals surface area contributed by atoms with E-state index in [2.05, 4.69) is 0 Å². The van der Waals surface area contributed by atoms with Crippen LogP contribution in [0.3, 0.4) is 0 Å². The summed E-state index contributed by atoms with van der Waals surface area (Å²) in [6, 6.07) is 5.48. The van der Waals surface area contributed by atoms with Gasteiger partial charge in [-0.15, -0.1) is 0 Å². The van der Waals surface area contributed by atoms with Gasteiger partial charge in [0.15, 0.2) is 5.78 Å². The molecule has 2 unspecified atom stereocenters. The zero-order valence-corrected chi connectivity index (χ0v) is 14.9. The van der Waals surface area contributed by atoms with Crippen LogP contribution >= 0.6 is 0 Å². The monoisotopic (exact) mass is 360 g/mol. The lowest BCUT2D eigenvalue weighted by molar-refractivity contribution is -0.196. The van der Waals surface area contributed by atoms with Crippen LogP contribution in [0.15, 0.2) is 24.3 Å². The number of ketones is 1. The predicted octanol–water partition coefficient (Wildman–Crippen LogP) is 3.66. The molecule has 4 nitrogen and oxygen atoms in total. The first-order valence-electron chi connectivity index (χ1n) is 9.56. The molecule has 140 valence electrons. The number of rotatable bonds is 6. The maximum Gasteiger partial charge on any atom is 0.312 e. The van der Waals surface area contributed by atoms with E-state index in [-0.39, 0.29) is 30.6 Å². The minimum Gasteiger partial charge on any atom is -0.465 e. The third kappa shape index (κ3) is 3.29. The Morgan fingerprint density at radius 3 is 2.38 bits per heavy atom. The summed E-state index contributed by atoms with van der Waals surface area (Å²) >= 11 is 0. The number of hydrogen-bond acceptors (Lipinski definition) is 4. The molecule has 0 aromatic heterocycles. The van der Waals surface area contributed by atoms with Crippen molar-refractivity contribution >= 4 is 11.8 Å². The number of hydrogen-bond donors (Lipinski definition) is 1. The number of benzene rings is 1. The van der Waals surface area contributed by atoms with Crippen LogP contribution in [0.4, 0.5) is 4.39 Å². The summed E-state index contributed by atoms with van der Waals surface area (Å²) in [5, 5.41) is 10.7. The molecule has 26 heavy (non-hydrogen) atoms. The molecule has 4 fully saturated rings. The van der Waals surface area contributed by atoms with Gasteiger partial charge in [-0.3, -0.25) is 9.59 Å². The molecule has 0 spiro atoms. The molecule has 4 aliphatic rings. The molecule has 1 N–H and O–H groups in total. The summed E-state index contributed by atoms with van der Waals surface area (Å²) in [6.07, 6.45) is 5.69. The van der Waals surface area contributed by atoms with Crippen LogP contribution in [0, 0.1) is 23.1 Å². The van der Waals surface area contributed by atoms with E-state index < -0.39 is 11.0 Å². The number of aliphatic hydroxyl groups is 1. The van der Waals surface area contributed by atoms with Crippen molar-refractivity contribution < 1.29 is 23.8 Å². The van der Waals surface area contributed by atoms with Gasteiger partial charge in [0.25, 0.3) is 0 Å². The van der Waals surface area contributed by atoms with Gasteiger partial charge in [0.05, 0.1) is 17.6 Å². The second-order valence-corrected chi connectivity index (χ2v) is 8.64. The lowest BCUT2D eigenvalue weighted by Crippen LogP contribution is -2.58. The second-order valence-electron chi connectivity index (χ2n) is 8.64. The molecule has 0 heterocycles. The average molecular weight is 360 g/mol. The van der Waals surface area contributed by atoms with Gasteiger partial charge in [-0.25, -0.2) is 4.39 Å². The highest BCUT2D eigenvalue weighted by Crippen LogP contribution is 2.61. The summed E-state index contributed by atoms with van der Waals surface area (Å²) in [5.74, 6) is 0.236. The number of esters is 1. The Bertz CT molecular complexity index is 697. The molecule has 4 bridgehead atoms. The zero-order valence-electron chi connectivity index (χ0n) is 14.9. The van der Waals surface area contributed by atoms with E-state index in [1.807, 2.05) is 0 Å². The van der Waals surface area contributed by atoms with Crippen molar-refractivity contribution in [2.24, 2.45) is 17.3 Å². The third-order valence-corrected chi connectivity index (χ3v) is 6.41. The fourth-order valence-electron chi connectivity index (χ4n) is 5.78. The Balaban J connectivity index is 1.28. The van der Waals surface area contributed by atoms with Gasteiger partial charge in [-0.05, 0) is 81.0 Å². The van der Waals surface area contributed by atoms with Gasteiger partial charge in [0.2, 0.25) is 0 Å². The van der Waals surface area contributed by atoms with Gasteiger partial charge in [0, 0.05) is 12.0 Å². The van der Waals surface area contributed by atoms with E-state index in [0.717, 1.165) is 32.1 Å². The first-order chi connectivity index (χ1) is 12.4. The van der Waals surface area contributed by atoms with E-state index in [1.54, 1.807) is 0 Å². The Labute approximate surface area is 152 Å². The molecule has 0 saturated heterocycles. The normalized spacial score (nSPS) is 34.7. The van der Waals surface area contributed by atoms with Gasteiger partial charge in [-0.1, -0.05) is 0 Å². The smallest absolute Gasteiger partial charge is 0.312 e. The van der Waals surface area contributed by atoms with Gasteiger partial charge >= 0.3 is 5.97 Å². The first kappa shape index (κ1) is 17.7. The van der Waals surface area contributed by atoms with Gasteiger partial charge in [0.1, 0.15) is 5.82 Å². The van der Waals surface area contributed by atoms with Crippen LogP contribution in [0.25, 0.3) is 0 Å². The number of ether oxygens (including phenoxy) is 1. The SMILES string of the molecule is O=C(CCCOC(=O)C12C[C@@H]3C[C@@H](CC(O)(C3)C1)C2)c1ccc(F)cc1. The highest BCUT2D eigenvalue weighted by Gasteiger charge is 2.60. The molecule has 5 heteroatoms. The standard InChI is InChI=1S/C21H25FO4/c22-17-5-3-16(4-6-17)18(23)2-1-7-26-19(24)20-9-14-8-15(10-20)12-21(25,11-14)13-20/h3-6,14-15,25H,1-2,7-13H2/t14-,15+,20?,21?. The maximum atomic E-state index is 12.9. The lowest BCUT2D eigenvalue weighted by Gasteiger charge is -2.58. The quantitative estimate of drug-likeness (QED) is 0.478. The summed E-state index contributed by atoms with van der Waals surface area (Å²) in [5.41, 5.74) is -0.720. The summed E-state index contributed by atoms with van der Waals surface area (Å²) in [7, 11) is 0. The fraction of sp³-hybridized carbons (Fsp3) is 0.619. The average Bonchev–Trinajstić information content (AvgIpc) is 2.56. The van der Waals surface area contributed by atoms with E-state index in [4.69, 9.17) is 4.74 Å².